The molecule has 1 aliphatic rings. The average Bonchev–Trinajstić information content (AvgIpc) is 2.70. The Kier molecular flexibility index (Phi) is 3.59. The summed E-state index contributed by atoms with van der Waals surface area (Å²) >= 11 is 3.32. The van der Waals surface area contributed by atoms with Gasteiger partial charge >= 0.3 is 0 Å². The first-order chi connectivity index (χ1) is 7.27. The molecule has 0 aliphatic carbocycles. The molecule has 1 atom stereocenters. The van der Waals surface area contributed by atoms with Gasteiger partial charge in [0.15, 0.2) is 0 Å². The van der Waals surface area contributed by atoms with Crippen molar-refractivity contribution in [3.63, 3.8) is 0 Å². The van der Waals surface area contributed by atoms with E-state index >= 15 is 0 Å². The Hall–Kier alpha value is -0.610. The first kappa shape index (κ1) is 10.9. The molecule has 0 bridgehead atoms. The van der Waals surface area contributed by atoms with Gasteiger partial charge in [0.25, 0.3) is 0 Å². The van der Waals surface area contributed by atoms with Crippen molar-refractivity contribution in [3.8, 4) is 0 Å². The van der Waals surface area contributed by atoms with Gasteiger partial charge in [0.05, 0.1) is 12.3 Å². The third-order valence-electron chi connectivity index (χ3n) is 2.55. The second-order valence-electron chi connectivity index (χ2n) is 3.71. The summed E-state index contributed by atoms with van der Waals surface area (Å²) in [4.78, 5) is 0. The summed E-state index contributed by atoms with van der Waals surface area (Å²) in [7, 11) is 0. The summed E-state index contributed by atoms with van der Waals surface area (Å²) in [6.45, 7) is 2.36. The van der Waals surface area contributed by atoms with Crippen molar-refractivity contribution in [1.29, 1.82) is 0 Å². The molecular weight excluding hydrogens is 261 g/mol. The van der Waals surface area contributed by atoms with E-state index in [1.54, 1.807) is 6.07 Å². The van der Waals surface area contributed by atoms with E-state index in [0.29, 0.717) is 11.6 Å². The van der Waals surface area contributed by atoms with Crippen molar-refractivity contribution < 1.29 is 9.13 Å². The molecule has 0 saturated carbocycles. The van der Waals surface area contributed by atoms with E-state index in [0.717, 1.165) is 30.7 Å². The lowest BCUT2D eigenvalue weighted by Gasteiger charge is -2.12. The molecule has 1 heterocycles. The highest BCUT2D eigenvalue weighted by atomic mass is 79.9. The zero-order chi connectivity index (χ0) is 10.7. The molecule has 2 nitrogen and oxygen atoms in total. The molecule has 0 spiro atoms. The van der Waals surface area contributed by atoms with Gasteiger partial charge < -0.3 is 10.1 Å². The largest absolute Gasteiger partial charge is 0.381 e. The third kappa shape index (κ3) is 2.69. The maximum atomic E-state index is 13.4. The van der Waals surface area contributed by atoms with Gasteiger partial charge in [-0.2, -0.15) is 0 Å². The van der Waals surface area contributed by atoms with Crippen LogP contribution in [0.15, 0.2) is 22.7 Å². The Morgan fingerprint density at radius 3 is 3.07 bits per heavy atom. The van der Waals surface area contributed by atoms with Crippen LogP contribution in [0.5, 0.6) is 0 Å². The maximum Gasteiger partial charge on any atom is 0.147 e. The van der Waals surface area contributed by atoms with Gasteiger partial charge in [0.2, 0.25) is 0 Å². The van der Waals surface area contributed by atoms with Crippen molar-refractivity contribution >= 4 is 21.6 Å². The molecule has 0 aromatic heterocycles. The van der Waals surface area contributed by atoms with E-state index in [1.165, 1.54) is 6.07 Å². The minimum Gasteiger partial charge on any atom is -0.381 e. The Labute approximate surface area is 96.9 Å². The van der Waals surface area contributed by atoms with Crippen molar-refractivity contribution in [3.05, 3.63) is 28.5 Å². The van der Waals surface area contributed by atoms with Crippen LogP contribution in [0.2, 0.25) is 0 Å². The van der Waals surface area contributed by atoms with E-state index in [2.05, 4.69) is 21.2 Å². The number of benzene rings is 1. The first-order valence-corrected chi connectivity index (χ1v) is 5.82. The molecule has 1 fully saturated rings. The summed E-state index contributed by atoms with van der Waals surface area (Å²) in [6.07, 6.45) is 1.05. The number of para-hydroxylation sites is 1. The standard InChI is InChI=1S/C11H13BrFNO/c12-9-2-1-3-10(13)11(9)14-6-8-4-5-15-7-8/h1-3,8,14H,4-7H2. The zero-order valence-corrected chi connectivity index (χ0v) is 9.89. The average molecular weight is 274 g/mol. The molecule has 1 saturated heterocycles. The SMILES string of the molecule is Fc1cccc(Br)c1NCC1CCOC1. The van der Waals surface area contributed by atoms with Crippen LogP contribution in [0, 0.1) is 11.7 Å². The van der Waals surface area contributed by atoms with Crippen LogP contribution >= 0.6 is 15.9 Å². The van der Waals surface area contributed by atoms with Gasteiger partial charge in [0, 0.05) is 23.5 Å². The minimum atomic E-state index is -0.219. The van der Waals surface area contributed by atoms with Crippen molar-refractivity contribution in [2.75, 3.05) is 25.1 Å². The summed E-state index contributed by atoms with van der Waals surface area (Å²) < 4.78 is 19.4. The molecule has 82 valence electrons. The zero-order valence-electron chi connectivity index (χ0n) is 8.30. The van der Waals surface area contributed by atoms with Crippen LogP contribution in [0.25, 0.3) is 0 Å². The summed E-state index contributed by atoms with van der Waals surface area (Å²) in [5.41, 5.74) is 0.546. The van der Waals surface area contributed by atoms with E-state index in [9.17, 15) is 4.39 Å². The van der Waals surface area contributed by atoms with Gasteiger partial charge in [-0.3, -0.25) is 0 Å². The highest BCUT2D eigenvalue weighted by molar-refractivity contribution is 9.10. The number of anilines is 1. The summed E-state index contributed by atoms with van der Waals surface area (Å²) in [5, 5.41) is 3.12. The smallest absolute Gasteiger partial charge is 0.147 e. The predicted molar refractivity (Wildman–Crippen MR) is 61.5 cm³/mol. The Balaban J connectivity index is 1.97. The fourth-order valence-electron chi connectivity index (χ4n) is 1.66. The quantitative estimate of drug-likeness (QED) is 0.914. The number of rotatable bonds is 3. The molecule has 2 rings (SSSR count). The Morgan fingerprint density at radius 1 is 1.53 bits per heavy atom. The second-order valence-corrected chi connectivity index (χ2v) is 4.56. The monoisotopic (exact) mass is 273 g/mol. The van der Waals surface area contributed by atoms with Crippen molar-refractivity contribution in [1.82, 2.24) is 0 Å². The van der Waals surface area contributed by atoms with Crippen LogP contribution in [0.3, 0.4) is 0 Å². The molecule has 15 heavy (non-hydrogen) atoms. The van der Waals surface area contributed by atoms with E-state index in [4.69, 9.17) is 4.74 Å². The fraction of sp³-hybridized carbons (Fsp3) is 0.455. The van der Waals surface area contributed by atoms with Gasteiger partial charge in [-0.25, -0.2) is 4.39 Å². The van der Waals surface area contributed by atoms with Gasteiger partial charge in [-0.15, -0.1) is 0 Å². The second kappa shape index (κ2) is 4.94. The van der Waals surface area contributed by atoms with E-state index in [-0.39, 0.29) is 5.82 Å². The number of ether oxygens (including phenoxy) is 1. The lowest BCUT2D eigenvalue weighted by molar-refractivity contribution is 0.187. The lowest BCUT2D eigenvalue weighted by Crippen LogP contribution is -2.15. The first-order valence-electron chi connectivity index (χ1n) is 5.03. The summed E-state index contributed by atoms with van der Waals surface area (Å²) in [5.74, 6) is 0.278. The minimum absolute atomic E-state index is 0.219. The number of nitrogens with one attached hydrogen (secondary N) is 1. The van der Waals surface area contributed by atoms with Gasteiger partial charge in [-0.1, -0.05) is 6.07 Å². The maximum absolute atomic E-state index is 13.4. The Morgan fingerprint density at radius 2 is 2.40 bits per heavy atom. The van der Waals surface area contributed by atoms with Crippen LogP contribution in [0.4, 0.5) is 10.1 Å². The van der Waals surface area contributed by atoms with Gasteiger partial charge in [0.1, 0.15) is 5.82 Å². The molecule has 1 unspecified atom stereocenters. The van der Waals surface area contributed by atoms with Crippen molar-refractivity contribution in [2.24, 2.45) is 5.92 Å². The van der Waals surface area contributed by atoms with Gasteiger partial charge in [-0.05, 0) is 34.5 Å². The third-order valence-corrected chi connectivity index (χ3v) is 3.22. The normalized spacial score (nSPS) is 20.5. The molecule has 1 aromatic rings. The van der Waals surface area contributed by atoms with Crippen LogP contribution in [0.1, 0.15) is 6.42 Å². The topological polar surface area (TPSA) is 21.3 Å². The van der Waals surface area contributed by atoms with E-state index in [1.807, 2.05) is 6.07 Å². The summed E-state index contributed by atoms with van der Waals surface area (Å²) in [6, 6.07) is 4.97. The van der Waals surface area contributed by atoms with Crippen LogP contribution in [-0.4, -0.2) is 19.8 Å². The molecular formula is C11H13BrFNO. The molecule has 0 amide bonds. The molecule has 1 aliphatic heterocycles. The number of hydrogen-bond acceptors (Lipinski definition) is 2. The highest BCUT2D eigenvalue weighted by Gasteiger charge is 2.16. The molecule has 1 aromatic carbocycles. The molecule has 1 N–H and O–H groups in total. The lowest BCUT2D eigenvalue weighted by atomic mass is 10.1. The van der Waals surface area contributed by atoms with E-state index < -0.39 is 0 Å². The Bertz CT molecular complexity index is 319. The highest BCUT2D eigenvalue weighted by Crippen LogP contribution is 2.25. The van der Waals surface area contributed by atoms with Crippen molar-refractivity contribution in [2.45, 2.75) is 6.42 Å². The fourth-order valence-corrected chi connectivity index (χ4v) is 2.14. The van der Waals surface area contributed by atoms with Crippen LogP contribution < -0.4 is 5.32 Å². The predicted octanol–water partition coefficient (Wildman–Crippen LogP) is 3.04. The van der Waals surface area contributed by atoms with Crippen LogP contribution in [-0.2, 0) is 4.74 Å². The number of hydrogen-bond donors (Lipinski definition) is 1. The number of halogens is 2. The molecule has 4 heteroatoms. The molecule has 0 radical (unpaired) electrons.